The zero-order valence-corrected chi connectivity index (χ0v) is 10.5. The van der Waals surface area contributed by atoms with Gasteiger partial charge in [-0.3, -0.25) is 4.79 Å². The van der Waals surface area contributed by atoms with Crippen LogP contribution in [0.4, 0.5) is 4.79 Å². The molecule has 0 aliphatic carbocycles. The Kier molecular flexibility index (Phi) is 4.74. The van der Waals surface area contributed by atoms with Gasteiger partial charge in [-0.1, -0.05) is 6.92 Å². The minimum Gasteiger partial charge on any atom is -0.480 e. The van der Waals surface area contributed by atoms with E-state index in [0.29, 0.717) is 19.0 Å². The number of likely N-dealkylation sites (tertiary alicyclic amines) is 1. The Morgan fingerprint density at radius 3 is 2.71 bits per heavy atom. The summed E-state index contributed by atoms with van der Waals surface area (Å²) in [6, 6.07) is -1.21. The summed E-state index contributed by atoms with van der Waals surface area (Å²) in [5.74, 6) is -0.618. The van der Waals surface area contributed by atoms with Gasteiger partial charge in [-0.25, -0.2) is 4.79 Å². The van der Waals surface area contributed by atoms with Crippen LogP contribution in [0.1, 0.15) is 20.3 Å². The summed E-state index contributed by atoms with van der Waals surface area (Å²) >= 11 is 0. The van der Waals surface area contributed by atoms with E-state index < -0.39 is 12.0 Å². The van der Waals surface area contributed by atoms with E-state index in [4.69, 9.17) is 9.84 Å². The van der Waals surface area contributed by atoms with Crippen molar-refractivity contribution in [3.63, 3.8) is 0 Å². The van der Waals surface area contributed by atoms with Gasteiger partial charge in [0, 0.05) is 20.2 Å². The number of hydrogen-bond acceptors (Lipinski definition) is 3. The van der Waals surface area contributed by atoms with Crippen molar-refractivity contribution in [1.29, 1.82) is 0 Å². The Morgan fingerprint density at radius 1 is 1.53 bits per heavy atom. The zero-order valence-electron chi connectivity index (χ0n) is 10.5. The third-order valence-corrected chi connectivity index (χ3v) is 3.19. The molecule has 1 heterocycles. The first-order chi connectivity index (χ1) is 7.95. The van der Waals surface area contributed by atoms with E-state index in [1.54, 1.807) is 12.0 Å². The molecule has 6 nitrogen and oxygen atoms in total. The Bertz CT molecular complexity index is 295. The number of nitrogens with zero attached hydrogens (tertiary/aromatic N) is 1. The van der Waals surface area contributed by atoms with Crippen molar-refractivity contribution >= 4 is 12.0 Å². The van der Waals surface area contributed by atoms with Crippen LogP contribution >= 0.6 is 0 Å². The van der Waals surface area contributed by atoms with Gasteiger partial charge in [0.25, 0.3) is 0 Å². The molecule has 0 aromatic heterocycles. The van der Waals surface area contributed by atoms with Gasteiger partial charge >= 0.3 is 12.0 Å². The Labute approximate surface area is 101 Å². The topological polar surface area (TPSA) is 78.9 Å². The average Bonchev–Trinajstić information content (AvgIpc) is 2.29. The molecular weight excluding hydrogens is 224 g/mol. The molecule has 0 saturated carbocycles. The molecule has 0 bridgehead atoms. The molecule has 17 heavy (non-hydrogen) atoms. The molecule has 1 aliphatic rings. The Morgan fingerprint density at radius 2 is 2.18 bits per heavy atom. The van der Waals surface area contributed by atoms with Gasteiger partial charge < -0.3 is 20.1 Å². The van der Waals surface area contributed by atoms with E-state index in [0.717, 1.165) is 6.42 Å². The van der Waals surface area contributed by atoms with E-state index in [-0.39, 0.29) is 12.1 Å². The lowest BCUT2D eigenvalue weighted by Crippen LogP contribution is -2.53. The smallest absolute Gasteiger partial charge is 0.325 e. The number of carboxylic acids is 1. The van der Waals surface area contributed by atoms with Crippen LogP contribution < -0.4 is 5.32 Å². The molecule has 6 heteroatoms. The van der Waals surface area contributed by atoms with Crippen molar-refractivity contribution in [3.8, 4) is 0 Å². The first-order valence-electron chi connectivity index (χ1n) is 5.76. The summed E-state index contributed by atoms with van der Waals surface area (Å²) in [7, 11) is 1.63. The molecule has 1 rings (SSSR count). The fraction of sp³-hybridized carbons (Fsp3) is 0.818. The van der Waals surface area contributed by atoms with Crippen LogP contribution in [0, 0.1) is 5.92 Å². The molecule has 98 valence electrons. The standard InChI is InChI=1S/C11H20N2O4/c1-7-4-5-13(6-9(7)17-3)11(16)12-8(2)10(14)15/h7-9H,4-6H2,1-3H3,(H,12,16)(H,14,15). The van der Waals surface area contributed by atoms with Gasteiger partial charge in [-0.05, 0) is 19.3 Å². The summed E-state index contributed by atoms with van der Waals surface area (Å²) in [4.78, 5) is 24.0. The second-order valence-corrected chi connectivity index (χ2v) is 4.50. The number of hydrogen-bond donors (Lipinski definition) is 2. The van der Waals surface area contributed by atoms with Crippen molar-refractivity contribution in [3.05, 3.63) is 0 Å². The highest BCUT2D eigenvalue weighted by molar-refractivity contribution is 5.82. The Hall–Kier alpha value is -1.30. The van der Waals surface area contributed by atoms with Crippen LogP contribution in [0.5, 0.6) is 0 Å². The van der Waals surface area contributed by atoms with Crippen LogP contribution in [-0.2, 0) is 9.53 Å². The van der Waals surface area contributed by atoms with Gasteiger partial charge in [-0.15, -0.1) is 0 Å². The first-order valence-corrected chi connectivity index (χ1v) is 5.76. The van der Waals surface area contributed by atoms with Crippen molar-refractivity contribution in [2.75, 3.05) is 20.2 Å². The number of rotatable bonds is 3. The monoisotopic (exact) mass is 244 g/mol. The predicted octanol–water partition coefficient (Wildman–Crippen LogP) is 0.526. The van der Waals surface area contributed by atoms with Gasteiger partial charge in [-0.2, -0.15) is 0 Å². The van der Waals surface area contributed by atoms with Crippen molar-refractivity contribution in [2.24, 2.45) is 5.92 Å². The maximum Gasteiger partial charge on any atom is 0.325 e. The second kappa shape index (κ2) is 5.86. The fourth-order valence-electron chi connectivity index (χ4n) is 1.86. The average molecular weight is 244 g/mol. The van der Waals surface area contributed by atoms with Crippen LogP contribution in [0.3, 0.4) is 0 Å². The molecule has 1 saturated heterocycles. The van der Waals surface area contributed by atoms with E-state index in [1.165, 1.54) is 6.92 Å². The lowest BCUT2D eigenvalue weighted by molar-refractivity contribution is -0.138. The number of carbonyl (C=O) groups excluding carboxylic acids is 1. The summed E-state index contributed by atoms with van der Waals surface area (Å²) in [6.45, 7) is 4.68. The number of nitrogens with one attached hydrogen (secondary N) is 1. The third-order valence-electron chi connectivity index (χ3n) is 3.19. The molecular formula is C11H20N2O4. The number of piperidine rings is 1. The van der Waals surface area contributed by atoms with Gasteiger partial charge in [0.15, 0.2) is 0 Å². The first kappa shape index (κ1) is 13.8. The molecule has 0 aromatic carbocycles. The zero-order chi connectivity index (χ0) is 13.0. The highest BCUT2D eigenvalue weighted by Crippen LogP contribution is 2.19. The lowest BCUT2D eigenvalue weighted by atomic mass is 9.96. The molecule has 0 spiro atoms. The normalized spacial score (nSPS) is 26.4. The maximum absolute atomic E-state index is 11.8. The van der Waals surface area contributed by atoms with Crippen LogP contribution in [-0.4, -0.2) is 54.4 Å². The number of aliphatic carboxylic acids is 1. The largest absolute Gasteiger partial charge is 0.480 e. The van der Waals surface area contributed by atoms with E-state index in [9.17, 15) is 9.59 Å². The number of carboxylic acid groups (broad SMARTS) is 1. The highest BCUT2D eigenvalue weighted by Gasteiger charge is 2.29. The number of methoxy groups -OCH3 is 1. The maximum atomic E-state index is 11.8. The molecule has 3 unspecified atom stereocenters. The van der Waals surface area contributed by atoms with E-state index in [1.807, 2.05) is 0 Å². The number of ether oxygens (including phenoxy) is 1. The van der Waals surface area contributed by atoms with Gasteiger partial charge in [0.05, 0.1) is 6.10 Å². The van der Waals surface area contributed by atoms with Crippen LogP contribution in [0.15, 0.2) is 0 Å². The molecule has 1 fully saturated rings. The number of amides is 2. The lowest BCUT2D eigenvalue weighted by Gasteiger charge is -2.36. The van der Waals surface area contributed by atoms with Gasteiger partial charge in [0.2, 0.25) is 0 Å². The molecule has 1 aliphatic heterocycles. The molecule has 2 amide bonds. The number of carbonyl (C=O) groups is 2. The summed E-state index contributed by atoms with van der Waals surface area (Å²) < 4.78 is 5.30. The predicted molar refractivity (Wildman–Crippen MR) is 61.8 cm³/mol. The molecule has 0 aromatic rings. The Balaban J connectivity index is 2.50. The second-order valence-electron chi connectivity index (χ2n) is 4.50. The molecule has 0 radical (unpaired) electrons. The molecule has 3 atom stereocenters. The SMILES string of the molecule is COC1CN(C(=O)NC(C)C(=O)O)CCC1C. The minimum absolute atomic E-state index is 0.0228. The van der Waals surface area contributed by atoms with E-state index in [2.05, 4.69) is 12.2 Å². The van der Waals surface area contributed by atoms with Crippen molar-refractivity contribution < 1.29 is 19.4 Å². The summed E-state index contributed by atoms with van der Waals surface area (Å²) in [5.41, 5.74) is 0. The minimum atomic E-state index is -1.04. The quantitative estimate of drug-likeness (QED) is 0.759. The van der Waals surface area contributed by atoms with E-state index >= 15 is 0 Å². The molecule has 2 N–H and O–H groups in total. The third kappa shape index (κ3) is 3.59. The summed E-state index contributed by atoms with van der Waals surface area (Å²) in [6.07, 6.45) is 0.891. The van der Waals surface area contributed by atoms with Crippen molar-refractivity contribution in [1.82, 2.24) is 10.2 Å². The van der Waals surface area contributed by atoms with Crippen LogP contribution in [0.2, 0.25) is 0 Å². The van der Waals surface area contributed by atoms with Gasteiger partial charge in [0.1, 0.15) is 6.04 Å². The fourth-order valence-corrected chi connectivity index (χ4v) is 1.86. The van der Waals surface area contributed by atoms with Crippen LogP contribution in [0.25, 0.3) is 0 Å². The highest BCUT2D eigenvalue weighted by atomic mass is 16.5. The summed E-state index contributed by atoms with van der Waals surface area (Å²) in [5, 5.41) is 11.2. The van der Waals surface area contributed by atoms with Crippen molar-refractivity contribution in [2.45, 2.75) is 32.4 Å². The number of urea groups is 1.